The highest BCUT2D eigenvalue weighted by Crippen LogP contribution is 2.29. The van der Waals surface area contributed by atoms with Gasteiger partial charge in [-0.15, -0.1) is 0 Å². The lowest BCUT2D eigenvalue weighted by molar-refractivity contribution is 0.0954. The maximum atomic E-state index is 12.8. The molecule has 21 heavy (non-hydrogen) atoms. The second kappa shape index (κ2) is 6.78. The average Bonchev–Trinajstić information content (AvgIpc) is 2.46. The zero-order valence-corrected chi connectivity index (χ0v) is 12.5. The molecule has 110 valence electrons. The van der Waals surface area contributed by atoms with Crippen molar-refractivity contribution in [3.05, 3.63) is 63.4 Å². The van der Waals surface area contributed by atoms with E-state index < -0.39 is 0 Å². The van der Waals surface area contributed by atoms with Gasteiger partial charge in [0.2, 0.25) is 0 Å². The SMILES string of the molecule is Nc1cc(C(=O)NCCc2ccc(F)cc2)cc(Cl)c1Cl. The maximum Gasteiger partial charge on any atom is 0.251 e. The van der Waals surface area contributed by atoms with Gasteiger partial charge in [-0.3, -0.25) is 4.79 Å². The molecule has 6 heteroatoms. The Bertz CT molecular complexity index is 636. The Balaban J connectivity index is 1.94. The predicted molar refractivity (Wildman–Crippen MR) is 83.3 cm³/mol. The summed E-state index contributed by atoms with van der Waals surface area (Å²) < 4.78 is 12.8. The molecular formula is C15H13Cl2FN2O. The fourth-order valence-corrected chi connectivity index (χ4v) is 2.15. The molecule has 2 aromatic carbocycles. The monoisotopic (exact) mass is 326 g/mol. The molecule has 0 unspecified atom stereocenters. The van der Waals surface area contributed by atoms with Gasteiger partial charge in [-0.1, -0.05) is 35.3 Å². The van der Waals surface area contributed by atoms with Gasteiger partial charge < -0.3 is 11.1 Å². The molecule has 2 rings (SSSR count). The number of nitrogens with two attached hydrogens (primary N) is 1. The molecule has 2 aromatic rings. The Morgan fingerprint density at radius 1 is 1.19 bits per heavy atom. The van der Waals surface area contributed by atoms with E-state index in [9.17, 15) is 9.18 Å². The van der Waals surface area contributed by atoms with Crippen LogP contribution in [0, 0.1) is 5.82 Å². The van der Waals surface area contributed by atoms with Crippen LogP contribution in [0.5, 0.6) is 0 Å². The first-order chi connectivity index (χ1) is 9.97. The van der Waals surface area contributed by atoms with Gasteiger partial charge in [-0.25, -0.2) is 4.39 Å². The van der Waals surface area contributed by atoms with E-state index in [0.29, 0.717) is 18.5 Å². The second-order valence-electron chi connectivity index (χ2n) is 4.49. The first-order valence-electron chi connectivity index (χ1n) is 6.24. The molecular weight excluding hydrogens is 314 g/mol. The van der Waals surface area contributed by atoms with Crippen molar-refractivity contribution in [1.29, 1.82) is 0 Å². The van der Waals surface area contributed by atoms with Crippen molar-refractivity contribution in [3.8, 4) is 0 Å². The Kier molecular flexibility index (Phi) is 5.04. The summed E-state index contributed by atoms with van der Waals surface area (Å²) in [4.78, 5) is 12.0. The molecule has 0 saturated carbocycles. The molecule has 0 aliphatic carbocycles. The van der Waals surface area contributed by atoms with E-state index in [0.717, 1.165) is 5.56 Å². The van der Waals surface area contributed by atoms with Crippen LogP contribution in [0.2, 0.25) is 10.0 Å². The molecule has 0 heterocycles. The van der Waals surface area contributed by atoms with E-state index in [2.05, 4.69) is 5.32 Å². The third-order valence-electron chi connectivity index (χ3n) is 2.93. The summed E-state index contributed by atoms with van der Waals surface area (Å²) in [5, 5.41) is 3.22. The largest absolute Gasteiger partial charge is 0.397 e. The molecule has 0 saturated heterocycles. The number of anilines is 1. The summed E-state index contributed by atoms with van der Waals surface area (Å²) in [6, 6.07) is 9.07. The van der Waals surface area contributed by atoms with Crippen molar-refractivity contribution >= 4 is 34.8 Å². The molecule has 0 aliphatic rings. The van der Waals surface area contributed by atoms with Crippen LogP contribution in [0.3, 0.4) is 0 Å². The summed E-state index contributed by atoms with van der Waals surface area (Å²) in [5.41, 5.74) is 7.20. The molecule has 0 radical (unpaired) electrons. The van der Waals surface area contributed by atoms with Crippen molar-refractivity contribution in [2.24, 2.45) is 0 Å². The highest BCUT2D eigenvalue weighted by molar-refractivity contribution is 6.43. The van der Waals surface area contributed by atoms with E-state index >= 15 is 0 Å². The predicted octanol–water partition coefficient (Wildman–Crippen LogP) is 3.69. The van der Waals surface area contributed by atoms with E-state index in [4.69, 9.17) is 28.9 Å². The molecule has 0 aliphatic heterocycles. The number of hydrogen-bond donors (Lipinski definition) is 2. The quantitative estimate of drug-likeness (QED) is 0.842. The fourth-order valence-electron chi connectivity index (χ4n) is 1.81. The van der Waals surface area contributed by atoms with Crippen molar-refractivity contribution in [1.82, 2.24) is 5.32 Å². The number of benzene rings is 2. The van der Waals surface area contributed by atoms with E-state index in [1.165, 1.54) is 24.3 Å². The minimum Gasteiger partial charge on any atom is -0.397 e. The van der Waals surface area contributed by atoms with Crippen molar-refractivity contribution in [2.45, 2.75) is 6.42 Å². The smallest absolute Gasteiger partial charge is 0.251 e. The number of halogens is 3. The summed E-state index contributed by atoms with van der Waals surface area (Å²) in [7, 11) is 0. The van der Waals surface area contributed by atoms with Gasteiger partial charge in [0.05, 0.1) is 15.7 Å². The third-order valence-corrected chi connectivity index (χ3v) is 3.75. The average molecular weight is 327 g/mol. The molecule has 0 fully saturated rings. The fraction of sp³-hybridized carbons (Fsp3) is 0.133. The summed E-state index contributed by atoms with van der Waals surface area (Å²) >= 11 is 11.7. The summed E-state index contributed by atoms with van der Waals surface area (Å²) in [5.74, 6) is -0.573. The number of amides is 1. The number of hydrogen-bond acceptors (Lipinski definition) is 2. The minimum atomic E-state index is -0.289. The molecule has 0 aromatic heterocycles. The lowest BCUT2D eigenvalue weighted by Gasteiger charge is -2.08. The zero-order valence-electron chi connectivity index (χ0n) is 11.0. The Labute approximate surface area is 131 Å². The molecule has 0 atom stereocenters. The normalized spacial score (nSPS) is 10.4. The van der Waals surface area contributed by atoms with Crippen molar-refractivity contribution < 1.29 is 9.18 Å². The zero-order chi connectivity index (χ0) is 15.4. The van der Waals surface area contributed by atoms with Crippen LogP contribution in [0.25, 0.3) is 0 Å². The van der Waals surface area contributed by atoms with Gasteiger partial charge in [-0.2, -0.15) is 0 Å². The van der Waals surface area contributed by atoms with Crippen LogP contribution in [0.1, 0.15) is 15.9 Å². The lowest BCUT2D eigenvalue weighted by atomic mass is 10.1. The van der Waals surface area contributed by atoms with Crippen LogP contribution in [-0.2, 0) is 6.42 Å². The molecule has 1 amide bonds. The molecule has 0 bridgehead atoms. The molecule has 3 N–H and O–H groups in total. The number of nitrogen functional groups attached to an aromatic ring is 1. The summed E-state index contributed by atoms with van der Waals surface area (Å²) in [6.45, 7) is 0.421. The number of rotatable bonds is 4. The van der Waals surface area contributed by atoms with E-state index in [1.807, 2.05) is 0 Å². The minimum absolute atomic E-state index is 0.236. The van der Waals surface area contributed by atoms with Gasteiger partial charge in [0.25, 0.3) is 5.91 Å². The van der Waals surface area contributed by atoms with Gasteiger partial charge in [0, 0.05) is 12.1 Å². The highest BCUT2D eigenvalue weighted by atomic mass is 35.5. The van der Waals surface area contributed by atoms with Crippen molar-refractivity contribution in [2.75, 3.05) is 12.3 Å². The van der Waals surface area contributed by atoms with Gasteiger partial charge in [0.15, 0.2) is 0 Å². The van der Waals surface area contributed by atoms with Crippen LogP contribution in [0.15, 0.2) is 36.4 Å². The number of carbonyl (C=O) groups is 1. The Morgan fingerprint density at radius 3 is 2.48 bits per heavy atom. The Hall–Kier alpha value is -1.78. The topological polar surface area (TPSA) is 55.1 Å². The standard InChI is InChI=1S/C15H13Cl2FN2O/c16-12-7-10(8-13(19)14(12)17)15(21)20-6-5-9-1-3-11(18)4-2-9/h1-4,7-8H,5-6,19H2,(H,20,21). The van der Waals surface area contributed by atoms with Crippen LogP contribution in [-0.4, -0.2) is 12.5 Å². The van der Waals surface area contributed by atoms with Crippen molar-refractivity contribution in [3.63, 3.8) is 0 Å². The summed E-state index contributed by atoms with van der Waals surface area (Å²) in [6.07, 6.45) is 0.600. The van der Waals surface area contributed by atoms with E-state index in [-0.39, 0.29) is 27.5 Å². The lowest BCUT2D eigenvalue weighted by Crippen LogP contribution is -2.25. The highest BCUT2D eigenvalue weighted by Gasteiger charge is 2.10. The molecule has 0 spiro atoms. The molecule has 3 nitrogen and oxygen atoms in total. The van der Waals surface area contributed by atoms with Gasteiger partial charge >= 0.3 is 0 Å². The van der Waals surface area contributed by atoms with Gasteiger partial charge in [0.1, 0.15) is 5.82 Å². The number of nitrogens with one attached hydrogen (secondary N) is 1. The first-order valence-corrected chi connectivity index (χ1v) is 7.00. The first kappa shape index (κ1) is 15.6. The Morgan fingerprint density at radius 2 is 1.86 bits per heavy atom. The van der Waals surface area contributed by atoms with Crippen LogP contribution < -0.4 is 11.1 Å². The van der Waals surface area contributed by atoms with E-state index in [1.54, 1.807) is 12.1 Å². The van der Waals surface area contributed by atoms with Crippen LogP contribution in [0.4, 0.5) is 10.1 Å². The third kappa shape index (κ3) is 4.09. The van der Waals surface area contributed by atoms with Gasteiger partial charge in [-0.05, 0) is 36.2 Å². The number of carbonyl (C=O) groups excluding carboxylic acids is 1. The second-order valence-corrected chi connectivity index (χ2v) is 5.28. The van der Waals surface area contributed by atoms with Crippen LogP contribution >= 0.6 is 23.2 Å². The maximum absolute atomic E-state index is 12.8.